The van der Waals surface area contributed by atoms with Crippen molar-refractivity contribution in [1.29, 1.82) is 0 Å². The molecule has 2 heteroatoms. The van der Waals surface area contributed by atoms with Gasteiger partial charge in [0.05, 0.1) is 0 Å². The van der Waals surface area contributed by atoms with Crippen molar-refractivity contribution in [2.75, 3.05) is 0 Å². The maximum Gasteiger partial charge on any atom is 0.162 e. The zero-order valence-electron chi connectivity index (χ0n) is 17.9. The third kappa shape index (κ3) is 4.31. The molecular formula is C26H38F2. The molecule has 0 aliphatic heterocycles. The first-order valence-corrected chi connectivity index (χ1v) is 12.0. The van der Waals surface area contributed by atoms with Crippen LogP contribution in [-0.4, -0.2) is 0 Å². The molecule has 1 aromatic carbocycles. The molecule has 0 unspecified atom stereocenters. The second-order valence-electron chi connectivity index (χ2n) is 10.5. The highest BCUT2D eigenvalue weighted by molar-refractivity contribution is 5.32. The monoisotopic (exact) mass is 388 g/mol. The van der Waals surface area contributed by atoms with Gasteiger partial charge in [-0.2, -0.15) is 0 Å². The van der Waals surface area contributed by atoms with Crippen LogP contribution in [0.2, 0.25) is 0 Å². The van der Waals surface area contributed by atoms with Gasteiger partial charge in [-0.3, -0.25) is 0 Å². The molecule has 0 nitrogen and oxygen atoms in total. The summed E-state index contributed by atoms with van der Waals surface area (Å²) >= 11 is 0. The lowest BCUT2D eigenvalue weighted by Gasteiger charge is -2.37. The van der Waals surface area contributed by atoms with Crippen LogP contribution in [0.25, 0.3) is 0 Å². The highest BCUT2D eigenvalue weighted by Crippen LogP contribution is 2.45. The summed E-state index contributed by atoms with van der Waals surface area (Å²) in [6.45, 7) is 4.64. The van der Waals surface area contributed by atoms with Crippen LogP contribution in [0.1, 0.15) is 114 Å². The van der Waals surface area contributed by atoms with Gasteiger partial charge >= 0.3 is 0 Å². The SMILES string of the molecule is CC1CCC(c2ccc(C3CCC(C4CCC(C)CC4)CC3)c(F)c2F)CC1. The van der Waals surface area contributed by atoms with Crippen molar-refractivity contribution < 1.29 is 8.78 Å². The van der Waals surface area contributed by atoms with E-state index in [4.69, 9.17) is 0 Å². The van der Waals surface area contributed by atoms with E-state index in [9.17, 15) is 8.78 Å². The fraction of sp³-hybridized carbons (Fsp3) is 0.769. The van der Waals surface area contributed by atoms with Crippen LogP contribution in [-0.2, 0) is 0 Å². The van der Waals surface area contributed by atoms with Crippen molar-refractivity contribution in [1.82, 2.24) is 0 Å². The van der Waals surface area contributed by atoms with E-state index in [1.54, 1.807) is 0 Å². The molecule has 3 saturated carbocycles. The molecule has 0 radical (unpaired) electrons. The Balaban J connectivity index is 1.39. The summed E-state index contributed by atoms with van der Waals surface area (Å²) in [7, 11) is 0. The predicted octanol–water partition coefficient (Wildman–Crippen LogP) is 8.36. The molecule has 0 spiro atoms. The standard InChI is InChI=1S/C26H38F2/c1-17-3-7-19(8-4-17)20-11-13-22(14-12-20)24-16-15-23(25(27)26(24)28)21-9-5-18(2)6-10-21/h15-22H,3-14H2,1-2H3. The van der Waals surface area contributed by atoms with Gasteiger partial charge in [-0.25, -0.2) is 8.78 Å². The van der Waals surface area contributed by atoms with Gasteiger partial charge in [0.1, 0.15) is 0 Å². The Morgan fingerprint density at radius 3 is 1.29 bits per heavy atom. The first kappa shape index (κ1) is 20.4. The lowest BCUT2D eigenvalue weighted by Crippen LogP contribution is -2.25. The molecule has 0 atom stereocenters. The molecule has 28 heavy (non-hydrogen) atoms. The van der Waals surface area contributed by atoms with Crippen LogP contribution in [0.5, 0.6) is 0 Å². The van der Waals surface area contributed by atoms with Gasteiger partial charge in [-0.1, -0.05) is 51.7 Å². The van der Waals surface area contributed by atoms with Crippen molar-refractivity contribution in [3.05, 3.63) is 34.9 Å². The van der Waals surface area contributed by atoms with Gasteiger partial charge in [-0.15, -0.1) is 0 Å². The smallest absolute Gasteiger partial charge is 0.162 e. The fourth-order valence-electron chi connectivity index (χ4n) is 6.44. The van der Waals surface area contributed by atoms with E-state index in [1.165, 1.54) is 38.5 Å². The Morgan fingerprint density at radius 2 is 0.857 bits per heavy atom. The zero-order chi connectivity index (χ0) is 19.7. The normalized spacial score (nSPS) is 37.0. The lowest BCUT2D eigenvalue weighted by atomic mass is 9.68. The van der Waals surface area contributed by atoms with E-state index in [0.29, 0.717) is 11.1 Å². The van der Waals surface area contributed by atoms with E-state index in [2.05, 4.69) is 13.8 Å². The molecule has 3 fully saturated rings. The Kier molecular flexibility index (Phi) is 6.43. The van der Waals surface area contributed by atoms with Gasteiger partial charge in [0, 0.05) is 0 Å². The van der Waals surface area contributed by atoms with E-state index in [1.807, 2.05) is 12.1 Å². The highest BCUT2D eigenvalue weighted by atomic mass is 19.2. The van der Waals surface area contributed by atoms with Gasteiger partial charge in [0.15, 0.2) is 11.6 Å². The van der Waals surface area contributed by atoms with Crippen molar-refractivity contribution >= 4 is 0 Å². The van der Waals surface area contributed by atoms with Crippen LogP contribution in [0.15, 0.2) is 12.1 Å². The van der Waals surface area contributed by atoms with Crippen molar-refractivity contribution in [2.45, 2.75) is 103 Å². The molecule has 0 heterocycles. The van der Waals surface area contributed by atoms with Crippen molar-refractivity contribution in [2.24, 2.45) is 23.7 Å². The summed E-state index contributed by atoms with van der Waals surface area (Å²) in [5.41, 5.74) is 1.29. The molecule has 3 aliphatic carbocycles. The molecule has 0 amide bonds. The Hall–Kier alpha value is -0.920. The number of hydrogen-bond acceptors (Lipinski definition) is 0. The Morgan fingerprint density at radius 1 is 0.536 bits per heavy atom. The summed E-state index contributed by atoms with van der Waals surface area (Å²) in [4.78, 5) is 0. The number of halogens is 2. The molecule has 0 aromatic heterocycles. The van der Waals surface area contributed by atoms with E-state index >= 15 is 0 Å². The van der Waals surface area contributed by atoms with Crippen LogP contribution >= 0.6 is 0 Å². The Bertz CT molecular complexity index is 643. The van der Waals surface area contributed by atoms with Crippen LogP contribution in [0.4, 0.5) is 8.78 Å². The molecule has 4 rings (SSSR count). The van der Waals surface area contributed by atoms with E-state index < -0.39 is 11.6 Å². The second-order valence-corrected chi connectivity index (χ2v) is 10.5. The fourth-order valence-corrected chi connectivity index (χ4v) is 6.44. The molecule has 156 valence electrons. The molecule has 0 N–H and O–H groups in total. The first-order chi connectivity index (χ1) is 13.5. The molecular weight excluding hydrogens is 350 g/mol. The minimum Gasteiger partial charge on any atom is -0.203 e. The first-order valence-electron chi connectivity index (χ1n) is 12.0. The van der Waals surface area contributed by atoms with Gasteiger partial charge in [0.25, 0.3) is 0 Å². The van der Waals surface area contributed by atoms with Crippen LogP contribution in [0, 0.1) is 35.3 Å². The summed E-state index contributed by atoms with van der Waals surface area (Å²) in [5.74, 6) is 2.68. The molecule has 0 saturated heterocycles. The Labute approximate surface area is 170 Å². The highest BCUT2D eigenvalue weighted by Gasteiger charge is 2.32. The quantitative estimate of drug-likeness (QED) is 0.488. The maximum atomic E-state index is 15.0. The molecule has 3 aliphatic rings. The van der Waals surface area contributed by atoms with E-state index in [-0.39, 0.29) is 11.8 Å². The lowest BCUT2D eigenvalue weighted by molar-refractivity contribution is 0.164. The average Bonchev–Trinajstić information content (AvgIpc) is 2.72. The number of hydrogen-bond donors (Lipinski definition) is 0. The van der Waals surface area contributed by atoms with Crippen LogP contribution < -0.4 is 0 Å². The maximum absolute atomic E-state index is 15.0. The van der Waals surface area contributed by atoms with Gasteiger partial charge in [0.2, 0.25) is 0 Å². The molecule has 0 bridgehead atoms. The summed E-state index contributed by atoms with van der Waals surface area (Å²) in [5, 5.41) is 0. The van der Waals surface area contributed by atoms with Crippen molar-refractivity contribution in [3.8, 4) is 0 Å². The molecule has 1 aromatic rings. The average molecular weight is 389 g/mol. The number of rotatable bonds is 3. The summed E-state index contributed by atoms with van der Waals surface area (Å²) in [6.07, 6.45) is 14.3. The second kappa shape index (κ2) is 8.84. The van der Waals surface area contributed by atoms with Gasteiger partial charge < -0.3 is 0 Å². The number of benzene rings is 1. The minimum atomic E-state index is -0.541. The largest absolute Gasteiger partial charge is 0.203 e. The van der Waals surface area contributed by atoms with Crippen molar-refractivity contribution in [3.63, 3.8) is 0 Å². The zero-order valence-corrected chi connectivity index (χ0v) is 17.9. The summed E-state index contributed by atoms with van der Waals surface area (Å²) < 4.78 is 29.9. The third-order valence-electron chi connectivity index (χ3n) is 8.54. The topological polar surface area (TPSA) is 0 Å². The summed E-state index contributed by atoms with van der Waals surface area (Å²) in [6, 6.07) is 3.85. The van der Waals surface area contributed by atoms with E-state index in [0.717, 1.165) is 62.2 Å². The third-order valence-corrected chi connectivity index (χ3v) is 8.54. The van der Waals surface area contributed by atoms with Crippen LogP contribution in [0.3, 0.4) is 0 Å². The minimum absolute atomic E-state index is 0.212. The van der Waals surface area contributed by atoms with Gasteiger partial charge in [-0.05, 0) is 98.0 Å². The predicted molar refractivity (Wildman–Crippen MR) is 113 cm³/mol.